The first-order valence-corrected chi connectivity index (χ1v) is 40.9. The summed E-state index contributed by atoms with van der Waals surface area (Å²) in [6.07, 6.45) is 48.6. The SMILES string of the molecule is CCCCCCCCCCCCCCCC(=O)OC[C@H](COP(=O)(O)OC[C@@H](O)COP(=O)(O)OC[C@@H](COC(=O)CCCCCCCCCC(C)C)OC(=O)CCCCCCCCCCC(C)C)OC(=O)CCCCCCCCCCCCCCCCC(C)CC. The van der Waals surface area contributed by atoms with Gasteiger partial charge in [-0.3, -0.25) is 37.3 Å². The third-order valence-corrected chi connectivity index (χ3v) is 19.1. The second-order valence-electron chi connectivity index (χ2n) is 27.5. The largest absolute Gasteiger partial charge is 0.472 e. The number of phosphoric ester groups is 2. The molecule has 0 saturated carbocycles. The van der Waals surface area contributed by atoms with E-state index in [4.69, 9.17) is 37.0 Å². The molecule has 17 nitrogen and oxygen atoms in total. The highest BCUT2D eigenvalue weighted by Gasteiger charge is 2.30. The Morgan fingerprint density at radius 1 is 0.315 bits per heavy atom. The van der Waals surface area contributed by atoms with E-state index in [1.165, 1.54) is 173 Å². The summed E-state index contributed by atoms with van der Waals surface area (Å²) in [6, 6.07) is 0. The Morgan fingerprint density at radius 2 is 0.554 bits per heavy atom. The molecule has 0 aromatic carbocycles. The molecule has 19 heteroatoms. The molecule has 3 N–H and O–H groups in total. The van der Waals surface area contributed by atoms with Crippen molar-refractivity contribution in [3.8, 4) is 0 Å². The average Bonchev–Trinajstić information content (AvgIpc) is 2.47. The van der Waals surface area contributed by atoms with E-state index in [1.807, 2.05) is 0 Å². The Bertz CT molecular complexity index is 1800. The molecule has 0 amide bonds. The summed E-state index contributed by atoms with van der Waals surface area (Å²) in [5, 5.41) is 10.6. The molecular formula is C73H142O17P2. The van der Waals surface area contributed by atoms with Gasteiger partial charge < -0.3 is 33.8 Å². The summed E-state index contributed by atoms with van der Waals surface area (Å²) in [6.45, 7) is 11.8. The number of phosphoric acid groups is 2. The van der Waals surface area contributed by atoms with Crippen LogP contribution in [0.15, 0.2) is 0 Å². The Kier molecular flexibility index (Phi) is 62.4. The van der Waals surface area contributed by atoms with E-state index in [0.29, 0.717) is 31.6 Å². The fourth-order valence-corrected chi connectivity index (χ4v) is 12.6. The van der Waals surface area contributed by atoms with Crippen LogP contribution in [-0.4, -0.2) is 96.7 Å². The first-order chi connectivity index (χ1) is 44.3. The second kappa shape index (κ2) is 63.8. The van der Waals surface area contributed by atoms with Gasteiger partial charge in [-0.2, -0.15) is 0 Å². The Morgan fingerprint density at radius 3 is 0.826 bits per heavy atom. The topological polar surface area (TPSA) is 237 Å². The summed E-state index contributed by atoms with van der Waals surface area (Å²) in [5.41, 5.74) is 0. The van der Waals surface area contributed by atoms with Gasteiger partial charge in [-0.05, 0) is 43.4 Å². The van der Waals surface area contributed by atoms with E-state index in [1.54, 1.807) is 0 Å². The van der Waals surface area contributed by atoms with Crippen LogP contribution in [0.3, 0.4) is 0 Å². The lowest BCUT2D eigenvalue weighted by atomic mass is 9.99. The van der Waals surface area contributed by atoms with Gasteiger partial charge in [-0.1, -0.05) is 318 Å². The smallest absolute Gasteiger partial charge is 0.462 e. The lowest BCUT2D eigenvalue weighted by Gasteiger charge is -2.21. The van der Waals surface area contributed by atoms with Gasteiger partial charge in [0.1, 0.15) is 19.3 Å². The summed E-state index contributed by atoms with van der Waals surface area (Å²) in [7, 11) is -9.91. The van der Waals surface area contributed by atoms with Gasteiger partial charge >= 0.3 is 39.5 Å². The van der Waals surface area contributed by atoms with Gasteiger partial charge in [-0.15, -0.1) is 0 Å². The molecule has 3 unspecified atom stereocenters. The zero-order valence-corrected chi connectivity index (χ0v) is 61.8. The molecule has 0 aliphatic carbocycles. The van der Waals surface area contributed by atoms with E-state index in [0.717, 1.165) is 108 Å². The van der Waals surface area contributed by atoms with Crippen LogP contribution in [0.1, 0.15) is 370 Å². The van der Waals surface area contributed by atoms with Crippen LogP contribution in [0.25, 0.3) is 0 Å². The van der Waals surface area contributed by atoms with Gasteiger partial charge in [0, 0.05) is 25.7 Å². The van der Waals surface area contributed by atoms with Gasteiger partial charge in [0.15, 0.2) is 12.2 Å². The van der Waals surface area contributed by atoms with Gasteiger partial charge in [0.05, 0.1) is 26.4 Å². The third kappa shape index (κ3) is 65.4. The Hall–Kier alpha value is -1.94. The minimum absolute atomic E-state index is 0.104. The maximum absolute atomic E-state index is 13.1. The van der Waals surface area contributed by atoms with Crippen molar-refractivity contribution in [3.05, 3.63) is 0 Å². The monoisotopic (exact) mass is 1350 g/mol. The van der Waals surface area contributed by atoms with E-state index in [2.05, 4.69) is 48.5 Å². The summed E-state index contributed by atoms with van der Waals surface area (Å²) < 4.78 is 68.4. The zero-order chi connectivity index (χ0) is 68.0. The normalized spacial score (nSPS) is 14.4. The minimum atomic E-state index is -4.95. The molecule has 0 aliphatic heterocycles. The first-order valence-electron chi connectivity index (χ1n) is 37.9. The molecule has 0 radical (unpaired) electrons. The molecule has 546 valence electrons. The van der Waals surface area contributed by atoms with Crippen LogP contribution in [0.5, 0.6) is 0 Å². The van der Waals surface area contributed by atoms with Crippen LogP contribution in [0.4, 0.5) is 0 Å². The van der Waals surface area contributed by atoms with E-state index in [9.17, 15) is 43.2 Å². The number of esters is 4. The number of hydrogen-bond acceptors (Lipinski definition) is 15. The molecule has 0 aromatic heterocycles. The molecule has 0 aromatic rings. The van der Waals surface area contributed by atoms with Crippen LogP contribution < -0.4 is 0 Å². The summed E-state index contributed by atoms with van der Waals surface area (Å²) in [4.78, 5) is 72.6. The fourth-order valence-electron chi connectivity index (χ4n) is 11.0. The molecule has 0 aliphatic rings. The molecule has 0 heterocycles. The number of aliphatic hydroxyl groups is 1. The van der Waals surface area contributed by atoms with Crippen LogP contribution in [0, 0.1) is 17.8 Å². The molecule has 0 spiro atoms. The summed E-state index contributed by atoms with van der Waals surface area (Å²) in [5.74, 6) is 0.146. The lowest BCUT2D eigenvalue weighted by molar-refractivity contribution is -0.161. The van der Waals surface area contributed by atoms with Crippen molar-refractivity contribution >= 4 is 39.5 Å². The number of ether oxygens (including phenoxy) is 4. The van der Waals surface area contributed by atoms with E-state index < -0.39 is 97.5 Å². The minimum Gasteiger partial charge on any atom is -0.462 e. The van der Waals surface area contributed by atoms with Crippen molar-refractivity contribution in [2.75, 3.05) is 39.6 Å². The quantitative estimate of drug-likeness (QED) is 0.0222. The Balaban J connectivity index is 5.24. The van der Waals surface area contributed by atoms with Gasteiger partial charge in [0.25, 0.3) is 0 Å². The number of aliphatic hydroxyl groups excluding tert-OH is 1. The van der Waals surface area contributed by atoms with E-state index >= 15 is 0 Å². The number of rotatable bonds is 71. The average molecular weight is 1350 g/mol. The third-order valence-electron chi connectivity index (χ3n) is 17.2. The molecule has 0 saturated heterocycles. The zero-order valence-electron chi connectivity index (χ0n) is 60.0. The molecule has 0 fully saturated rings. The van der Waals surface area contributed by atoms with Crippen molar-refractivity contribution < 1.29 is 80.2 Å². The van der Waals surface area contributed by atoms with E-state index in [-0.39, 0.29) is 25.7 Å². The van der Waals surface area contributed by atoms with Crippen LogP contribution in [-0.2, 0) is 65.4 Å². The van der Waals surface area contributed by atoms with Gasteiger partial charge in [0.2, 0.25) is 0 Å². The maximum atomic E-state index is 13.1. The number of carbonyl (C=O) groups is 4. The van der Waals surface area contributed by atoms with Crippen molar-refractivity contribution in [2.24, 2.45) is 17.8 Å². The number of unbranched alkanes of at least 4 members (excludes halogenated alkanes) is 38. The first kappa shape index (κ1) is 90.1. The molecule has 0 rings (SSSR count). The summed E-state index contributed by atoms with van der Waals surface area (Å²) >= 11 is 0. The van der Waals surface area contributed by atoms with Crippen LogP contribution >= 0.6 is 15.6 Å². The predicted molar refractivity (Wildman–Crippen MR) is 372 cm³/mol. The highest BCUT2D eigenvalue weighted by molar-refractivity contribution is 7.47. The fraction of sp³-hybridized carbons (Fsp3) is 0.945. The van der Waals surface area contributed by atoms with Crippen molar-refractivity contribution in [2.45, 2.75) is 388 Å². The predicted octanol–water partition coefficient (Wildman–Crippen LogP) is 21.0. The number of carbonyl (C=O) groups excluding carboxylic acids is 4. The highest BCUT2D eigenvalue weighted by atomic mass is 31.2. The van der Waals surface area contributed by atoms with Gasteiger partial charge in [-0.25, -0.2) is 9.13 Å². The van der Waals surface area contributed by atoms with Crippen LogP contribution in [0.2, 0.25) is 0 Å². The van der Waals surface area contributed by atoms with Crippen molar-refractivity contribution in [3.63, 3.8) is 0 Å². The lowest BCUT2D eigenvalue weighted by Crippen LogP contribution is -2.30. The number of hydrogen-bond donors (Lipinski definition) is 3. The molecular weight excluding hydrogens is 1210 g/mol. The molecule has 0 bridgehead atoms. The molecule has 6 atom stereocenters. The second-order valence-corrected chi connectivity index (χ2v) is 30.4. The Labute approximate surface area is 562 Å². The standard InChI is InChI=1S/C73H142O17P2/c1-8-10-11-12-13-14-15-18-22-25-33-40-47-54-70(75)83-60-68(89-72(77)56-49-42-34-26-23-20-17-16-19-21-24-32-39-46-53-66(7)9-2)62-87-91(79,80)85-58-67(74)59-86-92(81,82)88-63-69(61-84-71(76)55-48-41-36-29-31-38-45-52-65(5)6)90-73(78)57-50-43-35-28-27-30-37-44-51-64(3)4/h64-69,74H,8-63H2,1-7H3,(H,79,80)(H,81,82)/t66?,67-,68-,69-/m1/s1. The highest BCUT2D eigenvalue weighted by Crippen LogP contribution is 2.45. The maximum Gasteiger partial charge on any atom is 0.472 e. The van der Waals surface area contributed by atoms with Crippen molar-refractivity contribution in [1.29, 1.82) is 0 Å². The molecule has 92 heavy (non-hydrogen) atoms. The van der Waals surface area contributed by atoms with Crippen molar-refractivity contribution in [1.82, 2.24) is 0 Å².